The Balaban J connectivity index is 1.78. The van der Waals surface area contributed by atoms with Crippen molar-refractivity contribution in [3.05, 3.63) is 99.8 Å². The van der Waals surface area contributed by atoms with Crippen molar-refractivity contribution in [1.82, 2.24) is 9.73 Å². The van der Waals surface area contributed by atoms with Crippen LogP contribution in [0, 0.1) is 5.82 Å². The molecule has 0 unspecified atom stereocenters. The highest BCUT2D eigenvalue weighted by atomic mass is 35.5. The Labute approximate surface area is 201 Å². The van der Waals surface area contributed by atoms with Gasteiger partial charge in [0.05, 0.1) is 17.8 Å². The van der Waals surface area contributed by atoms with Crippen LogP contribution in [0.2, 0.25) is 10.0 Å². The Hall–Kier alpha value is -2.78. The number of carbonyl (C=O) groups is 1. The van der Waals surface area contributed by atoms with Crippen LogP contribution < -0.4 is 5.43 Å². The van der Waals surface area contributed by atoms with Crippen LogP contribution in [0.5, 0.6) is 0 Å². The maximum Gasteiger partial charge on any atom is 0.255 e. The SMILES string of the molecule is O=C(CN(CCc1ccccc1)S(=O)(=O)c1cc(Cl)ccc1Cl)N/N=C\c1ccc(F)cc1. The van der Waals surface area contributed by atoms with Gasteiger partial charge in [0.2, 0.25) is 10.0 Å². The van der Waals surface area contributed by atoms with E-state index in [1.54, 1.807) is 0 Å². The highest BCUT2D eigenvalue weighted by Crippen LogP contribution is 2.28. The van der Waals surface area contributed by atoms with Crippen LogP contribution in [0.4, 0.5) is 4.39 Å². The van der Waals surface area contributed by atoms with Crippen LogP contribution in [0.15, 0.2) is 82.8 Å². The van der Waals surface area contributed by atoms with E-state index in [2.05, 4.69) is 10.5 Å². The van der Waals surface area contributed by atoms with Gasteiger partial charge in [-0.25, -0.2) is 18.2 Å². The molecule has 0 aromatic heterocycles. The number of halogens is 3. The lowest BCUT2D eigenvalue weighted by Gasteiger charge is -2.22. The lowest BCUT2D eigenvalue weighted by molar-refractivity contribution is -0.121. The van der Waals surface area contributed by atoms with Crippen molar-refractivity contribution in [2.45, 2.75) is 11.3 Å². The van der Waals surface area contributed by atoms with Gasteiger partial charge in [0.25, 0.3) is 5.91 Å². The Kier molecular flexibility index (Phi) is 8.57. The summed E-state index contributed by atoms with van der Waals surface area (Å²) in [5, 5.41) is 4.02. The molecule has 0 saturated carbocycles. The molecule has 0 spiro atoms. The Morgan fingerprint density at radius 2 is 1.73 bits per heavy atom. The number of hydrogen-bond donors (Lipinski definition) is 1. The second-order valence-corrected chi connectivity index (χ2v) is 9.74. The Bertz CT molecular complexity index is 1240. The molecule has 10 heteroatoms. The standard InChI is InChI=1S/C23H20Cl2FN3O3S/c24-19-8-11-21(25)22(14-19)33(31,32)29(13-12-17-4-2-1-3-5-17)16-23(30)28-27-15-18-6-9-20(26)10-7-18/h1-11,14-15H,12-13,16H2,(H,28,30)/b27-15-. The molecule has 1 N–H and O–H groups in total. The number of carbonyl (C=O) groups excluding carboxylic acids is 1. The van der Waals surface area contributed by atoms with Gasteiger partial charge in [-0.2, -0.15) is 9.41 Å². The highest BCUT2D eigenvalue weighted by Gasteiger charge is 2.28. The summed E-state index contributed by atoms with van der Waals surface area (Å²) in [6.45, 7) is -0.455. The van der Waals surface area contributed by atoms with Gasteiger partial charge in [-0.3, -0.25) is 4.79 Å². The van der Waals surface area contributed by atoms with Crippen molar-refractivity contribution in [3.63, 3.8) is 0 Å². The molecule has 3 rings (SSSR count). The third-order valence-electron chi connectivity index (χ3n) is 4.60. The van der Waals surface area contributed by atoms with Gasteiger partial charge in [-0.05, 0) is 47.9 Å². The van der Waals surface area contributed by atoms with Crippen molar-refractivity contribution in [2.24, 2.45) is 5.10 Å². The van der Waals surface area contributed by atoms with E-state index >= 15 is 0 Å². The smallest absolute Gasteiger partial charge is 0.255 e. The minimum atomic E-state index is -4.14. The van der Waals surface area contributed by atoms with Gasteiger partial charge in [-0.15, -0.1) is 0 Å². The maximum atomic E-state index is 13.3. The normalized spacial score (nSPS) is 11.8. The van der Waals surface area contributed by atoms with Crippen molar-refractivity contribution < 1.29 is 17.6 Å². The zero-order valence-corrected chi connectivity index (χ0v) is 19.6. The molecule has 0 fully saturated rings. The van der Waals surface area contributed by atoms with E-state index in [0.29, 0.717) is 12.0 Å². The first-order valence-electron chi connectivity index (χ1n) is 9.82. The number of hydrazone groups is 1. The topological polar surface area (TPSA) is 78.8 Å². The summed E-state index contributed by atoms with van der Waals surface area (Å²) >= 11 is 12.1. The van der Waals surface area contributed by atoms with Crippen molar-refractivity contribution in [2.75, 3.05) is 13.1 Å². The molecule has 0 aliphatic carbocycles. The fraction of sp³-hybridized carbons (Fsp3) is 0.130. The summed E-state index contributed by atoms with van der Waals surface area (Å²) in [7, 11) is -4.14. The van der Waals surface area contributed by atoms with Gasteiger partial charge < -0.3 is 0 Å². The van der Waals surface area contributed by atoms with Crippen LogP contribution in [0.3, 0.4) is 0 Å². The predicted octanol–water partition coefficient (Wildman–Crippen LogP) is 4.52. The summed E-state index contributed by atoms with van der Waals surface area (Å²) in [6, 6.07) is 18.9. The molecule has 0 bridgehead atoms. The average Bonchev–Trinajstić information content (AvgIpc) is 2.80. The molecular formula is C23H20Cl2FN3O3S. The molecule has 0 atom stereocenters. The van der Waals surface area contributed by atoms with Crippen LogP contribution in [0.25, 0.3) is 0 Å². The first-order chi connectivity index (χ1) is 15.8. The van der Waals surface area contributed by atoms with Crippen molar-refractivity contribution in [1.29, 1.82) is 0 Å². The minimum Gasteiger partial charge on any atom is -0.272 e. The summed E-state index contributed by atoms with van der Waals surface area (Å²) in [5.74, 6) is -1.04. The summed E-state index contributed by atoms with van der Waals surface area (Å²) in [4.78, 5) is 12.3. The van der Waals surface area contributed by atoms with Crippen molar-refractivity contribution >= 4 is 45.3 Å². The zero-order chi connectivity index (χ0) is 23.8. The monoisotopic (exact) mass is 507 g/mol. The van der Waals surface area contributed by atoms with E-state index in [4.69, 9.17) is 23.2 Å². The molecule has 3 aromatic carbocycles. The number of hydrogen-bond acceptors (Lipinski definition) is 4. The Morgan fingerprint density at radius 1 is 1.03 bits per heavy atom. The number of benzene rings is 3. The number of nitrogens with zero attached hydrogens (tertiary/aromatic N) is 2. The number of rotatable bonds is 9. The van der Waals surface area contributed by atoms with E-state index in [9.17, 15) is 17.6 Å². The minimum absolute atomic E-state index is 0.00106. The first-order valence-corrected chi connectivity index (χ1v) is 12.0. The fourth-order valence-corrected chi connectivity index (χ4v) is 5.05. The summed E-state index contributed by atoms with van der Waals surface area (Å²) < 4.78 is 40.7. The lowest BCUT2D eigenvalue weighted by atomic mass is 10.1. The molecule has 0 heterocycles. The molecule has 172 valence electrons. The van der Waals surface area contributed by atoms with Crippen LogP contribution in [-0.2, 0) is 21.2 Å². The largest absolute Gasteiger partial charge is 0.272 e. The number of sulfonamides is 1. The molecule has 0 radical (unpaired) electrons. The third kappa shape index (κ3) is 7.10. The molecule has 3 aromatic rings. The number of amides is 1. The molecular weight excluding hydrogens is 488 g/mol. The Morgan fingerprint density at radius 3 is 2.42 bits per heavy atom. The van der Waals surface area contributed by atoms with E-state index < -0.39 is 28.3 Å². The first kappa shape index (κ1) is 24.9. The quantitative estimate of drug-likeness (QED) is 0.341. The van der Waals surface area contributed by atoms with Crippen LogP contribution >= 0.6 is 23.2 Å². The maximum absolute atomic E-state index is 13.3. The zero-order valence-electron chi connectivity index (χ0n) is 17.3. The van der Waals surface area contributed by atoms with Gasteiger partial charge in [0.15, 0.2) is 0 Å². The molecule has 0 saturated heterocycles. The van der Waals surface area contributed by atoms with Crippen molar-refractivity contribution in [3.8, 4) is 0 Å². The van der Waals surface area contributed by atoms with Gasteiger partial charge in [-0.1, -0.05) is 65.7 Å². The van der Waals surface area contributed by atoms with E-state index in [1.165, 1.54) is 48.7 Å². The fourth-order valence-electron chi connectivity index (χ4n) is 2.92. The molecule has 33 heavy (non-hydrogen) atoms. The second kappa shape index (κ2) is 11.4. The van der Waals surface area contributed by atoms with Gasteiger partial charge in [0, 0.05) is 11.6 Å². The van der Waals surface area contributed by atoms with E-state index in [1.807, 2.05) is 30.3 Å². The second-order valence-electron chi connectivity index (χ2n) is 6.99. The highest BCUT2D eigenvalue weighted by molar-refractivity contribution is 7.89. The van der Waals surface area contributed by atoms with E-state index in [0.717, 1.165) is 9.87 Å². The molecule has 0 aliphatic rings. The summed E-state index contributed by atoms with van der Waals surface area (Å²) in [5.41, 5.74) is 3.77. The molecule has 6 nitrogen and oxygen atoms in total. The van der Waals surface area contributed by atoms with Gasteiger partial charge in [0.1, 0.15) is 10.7 Å². The average molecular weight is 508 g/mol. The summed E-state index contributed by atoms with van der Waals surface area (Å²) in [6.07, 6.45) is 1.71. The lowest BCUT2D eigenvalue weighted by Crippen LogP contribution is -2.40. The predicted molar refractivity (Wildman–Crippen MR) is 128 cm³/mol. The third-order valence-corrected chi connectivity index (χ3v) is 7.16. The number of nitrogens with one attached hydrogen (secondary N) is 1. The molecule has 0 aliphatic heterocycles. The van der Waals surface area contributed by atoms with Gasteiger partial charge >= 0.3 is 0 Å². The van der Waals surface area contributed by atoms with Crippen LogP contribution in [-0.4, -0.2) is 37.9 Å². The van der Waals surface area contributed by atoms with E-state index in [-0.39, 0.29) is 21.5 Å². The van der Waals surface area contributed by atoms with Crippen LogP contribution in [0.1, 0.15) is 11.1 Å². The molecule has 1 amide bonds.